The molecule has 0 spiro atoms. The molecule has 0 fully saturated rings. The van der Waals surface area contributed by atoms with E-state index in [1.807, 2.05) is 13.8 Å². The quantitative estimate of drug-likeness (QED) is 0.738. The normalized spacial score (nSPS) is 8.53. The number of rotatable bonds is 2. The molecule has 0 aromatic heterocycles. The zero-order valence-electron chi connectivity index (χ0n) is 9.50. The van der Waals surface area contributed by atoms with E-state index in [4.69, 9.17) is 4.74 Å². The van der Waals surface area contributed by atoms with Crippen LogP contribution in [0.1, 0.15) is 20.8 Å². The highest BCUT2D eigenvalue weighted by molar-refractivity contribution is 5.92. The molecule has 0 aliphatic carbocycles. The van der Waals surface area contributed by atoms with Crippen LogP contribution in [0.15, 0.2) is 18.2 Å². The summed E-state index contributed by atoms with van der Waals surface area (Å²) in [6.45, 7) is 5.37. The second-order valence-corrected chi connectivity index (χ2v) is 2.54. The Kier molecular flexibility index (Phi) is 5.94. The molecule has 0 saturated heterocycles. The van der Waals surface area contributed by atoms with Crippen LogP contribution in [-0.4, -0.2) is 18.1 Å². The Labute approximate surface area is 89.9 Å². The summed E-state index contributed by atoms with van der Waals surface area (Å²) in [5.74, 6) is 0.185. The molecule has 0 radical (unpaired) electrons. The maximum absolute atomic E-state index is 10.8. The number of hydrogen-bond acceptors (Lipinski definition) is 3. The summed E-state index contributed by atoms with van der Waals surface area (Å²) in [6.07, 6.45) is 0. The molecular weight excluding hydrogens is 194 g/mol. The first-order valence-corrected chi connectivity index (χ1v) is 4.78. The van der Waals surface area contributed by atoms with E-state index in [-0.39, 0.29) is 11.7 Å². The molecule has 1 rings (SSSR count). The van der Waals surface area contributed by atoms with Crippen LogP contribution >= 0.6 is 0 Å². The molecule has 0 aliphatic rings. The molecule has 1 aromatic carbocycles. The maximum Gasteiger partial charge on any atom is 0.221 e. The maximum atomic E-state index is 10.8. The minimum absolute atomic E-state index is 0.00505. The number of phenolic OH excluding ortho intramolecular Hbond substituents is 1. The van der Waals surface area contributed by atoms with Crippen LogP contribution in [0, 0.1) is 0 Å². The molecule has 1 amide bonds. The highest BCUT2D eigenvalue weighted by Gasteiger charge is 2.08. The lowest BCUT2D eigenvalue weighted by Gasteiger charge is -2.09. The number of phenols is 1. The van der Waals surface area contributed by atoms with Crippen molar-refractivity contribution in [2.24, 2.45) is 0 Å². The van der Waals surface area contributed by atoms with Crippen molar-refractivity contribution in [2.45, 2.75) is 20.8 Å². The number of carbonyl (C=O) groups is 1. The van der Waals surface area contributed by atoms with E-state index in [0.717, 1.165) is 0 Å². The van der Waals surface area contributed by atoms with E-state index in [2.05, 4.69) is 5.32 Å². The van der Waals surface area contributed by atoms with Gasteiger partial charge in [0.2, 0.25) is 5.91 Å². The standard InChI is InChI=1S/C9H11NO3.C2H6/c1-6(11)10-9-7(12)4-3-5-8(9)13-2;1-2/h3-5,12H,1-2H3,(H,10,11);1-2H3. The molecule has 0 atom stereocenters. The van der Waals surface area contributed by atoms with Gasteiger partial charge < -0.3 is 15.2 Å². The second-order valence-electron chi connectivity index (χ2n) is 2.54. The first-order valence-electron chi connectivity index (χ1n) is 4.78. The number of hydrogen-bond donors (Lipinski definition) is 2. The predicted octanol–water partition coefficient (Wildman–Crippen LogP) is 2.39. The number of amides is 1. The molecule has 2 N–H and O–H groups in total. The van der Waals surface area contributed by atoms with Gasteiger partial charge in [-0.3, -0.25) is 4.79 Å². The summed E-state index contributed by atoms with van der Waals surface area (Å²) in [5.41, 5.74) is 0.303. The van der Waals surface area contributed by atoms with Gasteiger partial charge in [-0.25, -0.2) is 0 Å². The zero-order valence-corrected chi connectivity index (χ0v) is 9.50. The van der Waals surface area contributed by atoms with Crippen molar-refractivity contribution in [3.05, 3.63) is 18.2 Å². The first-order chi connectivity index (χ1) is 7.15. The van der Waals surface area contributed by atoms with E-state index in [1.165, 1.54) is 20.1 Å². The Morgan fingerprint density at radius 2 is 2.00 bits per heavy atom. The lowest BCUT2D eigenvalue weighted by molar-refractivity contribution is -0.114. The molecule has 4 heteroatoms. The lowest BCUT2D eigenvalue weighted by atomic mass is 10.2. The first kappa shape index (κ1) is 13.3. The third-order valence-electron chi connectivity index (χ3n) is 1.53. The van der Waals surface area contributed by atoms with Crippen molar-refractivity contribution in [3.63, 3.8) is 0 Å². The average Bonchev–Trinajstić information content (AvgIpc) is 2.23. The summed E-state index contributed by atoms with van der Waals surface area (Å²) in [5, 5.41) is 11.9. The summed E-state index contributed by atoms with van der Waals surface area (Å²) < 4.78 is 4.95. The van der Waals surface area contributed by atoms with Gasteiger partial charge in [-0.1, -0.05) is 19.9 Å². The molecule has 0 heterocycles. The molecule has 0 unspecified atom stereocenters. The SMILES string of the molecule is CC.COc1cccc(O)c1NC(C)=O. The lowest BCUT2D eigenvalue weighted by Crippen LogP contribution is -2.07. The van der Waals surface area contributed by atoms with Crippen molar-refractivity contribution >= 4 is 11.6 Å². The molecule has 4 nitrogen and oxygen atoms in total. The van der Waals surface area contributed by atoms with E-state index in [9.17, 15) is 9.90 Å². The van der Waals surface area contributed by atoms with E-state index in [1.54, 1.807) is 12.1 Å². The highest BCUT2D eigenvalue weighted by Crippen LogP contribution is 2.32. The van der Waals surface area contributed by atoms with Crippen molar-refractivity contribution in [1.29, 1.82) is 0 Å². The van der Waals surface area contributed by atoms with Crippen LogP contribution in [0.5, 0.6) is 11.5 Å². The van der Waals surface area contributed by atoms with Crippen LogP contribution < -0.4 is 10.1 Å². The molecule has 0 bridgehead atoms. The van der Waals surface area contributed by atoms with Gasteiger partial charge >= 0.3 is 0 Å². The minimum Gasteiger partial charge on any atom is -0.506 e. The van der Waals surface area contributed by atoms with Crippen LogP contribution in [0.2, 0.25) is 0 Å². The summed E-state index contributed by atoms with van der Waals surface area (Å²) in [7, 11) is 1.47. The Morgan fingerprint density at radius 3 is 2.47 bits per heavy atom. The number of carbonyl (C=O) groups excluding carboxylic acids is 1. The molecular formula is C11H17NO3. The number of methoxy groups -OCH3 is 1. The third-order valence-corrected chi connectivity index (χ3v) is 1.53. The van der Waals surface area contributed by atoms with Gasteiger partial charge in [0.25, 0.3) is 0 Å². The number of anilines is 1. The van der Waals surface area contributed by atoms with Crippen molar-refractivity contribution in [1.82, 2.24) is 0 Å². The smallest absolute Gasteiger partial charge is 0.221 e. The van der Waals surface area contributed by atoms with Crippen LogP contribution in [-0.2, 0) is 4.79 Å². The summed E-state index contributed by atoms with van der Waals surface area (Å²) in [4.78, 5) is 10.8. The second kappa shape index (κ2) is 6.70. The van der Waals surface area contributed by atoms with Gasteiger partial charge in [-0.2, -0.15) is 0 Å². The topological polar surface area (TPSA) is 58.6 Å². The monoisotopic (exact) mass is 211 g/mol. The molecule has 0 aliphatic heterocycles. The van der Waals surface area contributed by atoms with Crippen molar-refractivity contribution < 1.29 is 14.6 Å². The van der Waals surface area contributed by atoms with Gasteiger partial charge in [0.1, 0.15) is 17.2 Å². The molecule has 84 valence electrons. The summed E-state index contributed by atoms with van der Waals surface area (Å²) >= 11 is 0. The van der Waals surface area contributed by atoms with Gasteiger partial charge in [-0.05, 0) is 12.1 Å². The average molecular weight is 211 g/mol. The fourth-order valence-corrected chi connectivity index (χ4v) is 0.991. The van der Waals surface area contributed by atoms with Gasteiger partial charge in [0, 0.05) is 6.92 Å². The molecule has 1 aromatic rings. The van der Waals surface area contributed by atoms with Gasteiger partial charge in [-0.15, -0.1) is 0 Å². The fraction of sp³-hybridized carbons (Fsp3) is 0.364. The van der Waals surface area contributed by atoms with E-state index in [0.29, 0.717) is 11.4 Å². The number of nitrogens with one attached hydrogen (secondary N) is 1. The molecule has 0 saturated carbocycles. The van der Waals surface area contributed by atoms with E-state index >= 15 is 0 Å². The van der Waals surface area contributed by atoms with Crippen LogP contribution in [0.4, 0.5) is 5.69 Å². The van der Waals surface area contributed by atoms with Gasteiger partial charge in [0.05, 0.1) is 7.11 Å². The van der Waals surface area contributed by atoms with E-state index < -0.39 is 0 Å². The fourth-order valence-electron chi connectivity index (χ4n) is 0.991. The Bertz CT molecular complexity index is 324. The third kappa shape index (κ3) is 3.89. The Morgan fingerprint density at radius 1 is 1.40 bits per heavy atom. The molecule has 15 heavy (non-hydrogen) atoms. The van der Waals surface area contributed by atoms with Crippen LogP contribution in [0.3, 0.4) is 0 Å². The van der Waals surface area contributed by atoms with Crippen LogP contribution in [0.25, 0.3) is 0 Å². The number of para-hydroxylation sites is 1. The largest absolute Gasteiger partial charge is 0.506 e. The zero-order chi connectivity index (χ0) is 11.8. The Hall–Kier alpha value is -1.71. The Balaban J connectivity index is 0.000000921. The number of benzene rings is 1. The minimum atomic E-state index is -0.250. The van der Waals surface area contributed by atoms with Gasteiger partial charge in [0.15, 0.2) is 0 Å². The number of ether oxygens (including phenoxy) is 1. The highest BCUT2D eigenvalue weighted by atomic mass is 16.5. The summed E-state index contributed by atoms with van der Waals surface area (Å²) in [6, 6.07) is 4.78. The predicted molar refractivity (Wildman–Crippen MR) is 60.3 cm³/mol. The number of aromatic hydroxyl groups is 1. The van der Waals surface area contributed by atoms with Crippen molar-refractivity contribution in [2.75, 3.05) is 12.4 Å². The van der Waals surface area contributed by atoms with Crippen molar-refractivity contribution in [3.8, 4) is 11.5 Å².